The predicted molar refractivity (Wildman–Crippen MR) is 116 cm³/mol. The lowest BCUT2D eigenvalue weighted by Gasteiger charge is -2.12. The Morgan fingerprint density at radius 3 is 2.55 bits per heavy atom. The van der Waals surface area contributed by atoms with Crippen LogP contribution in [0.15, 0.2) is 40.5 Å². The fourth-order valence-electron chi connectivity index (χ4n) is 2.46. The Morgan fingerprint density at radius 1 is 1.17 bits per heavy atom. The second-order valence-corrected chi connectivity index (χ2v) is 9.20. The lowest BCUT2D eigenvalue weighted by molar-refractivity contribution is -0.117. The average molecular weight is 428 g/mol. The maximum absolute atomic E-state index is 11.9. The van der Waals surface area contributed by atoms with E-state index in [0.29, 0.717) is 17.1 Å². The minimum Gasteiger partial charge on any atom is -0.347 e. The zero-order valence-electron chi connectivity index (χ0n) is 16.3. The van der Waals surface area contributed by atoms with E-state index in [1.54, 1.807) is 17.5 Å². The molecule has 2 heterocycles. The van der Waals surface area contributed by atoms with E-state index in [0.717, 1.165) is 33.4 Å². The van der Waals surface area contributed by atoms with E-state index in [-0.39, 0.29) is 11.8 Å². The van der Waals surface area contributed by atoms with Crippen molar-refractivity contribution in [3.05, 3.63) is 35.3 Å². The molecule has 0 radical (unpaired) electrons. The number of hydrogen-bond donors (Lipinski definition) is 2. The van der Waals surface area contributed by atoms with Gasteiger partial charge >= 0.3 is 0 Å². The van der Waals surface area contributed by atoms with Crippen LogP contribution in [-0.2, 0) is 4.79 Å². The molecular weight excluding hydrogens is 406 g/mol. The number of aromatic nitrogens is 4. The van der Waals surface area contributed by atoms with Crippen molar-refractivity contribution in [1.82, 2.24) is 19.9 Å². The standard InChI is InChI=1S/C19H21N7OS2/c1-11-10-20-18(28-11)23-16-22-17(26(2)3)25-19(24-16)29-14-8-6-13(7-9-14)21-15(27)12-4-5-12/h6-10,12H,4-5H2,1-3H3,(H,21,27)(H,20,22,23,24,25). The van der Waals surface area contributed by atoms with E-state index >= 15 is 0 Å². The number of anilines is 4. The largest absolute Gasteiger partial charge is 0.347 e. The Kier molecular flexibility index (Phi) is 5.63. The molecule has 150 valence electrons. The maximum atomic E-state index is 11.9. The molecule has 0 unspecified atom stereocenters. The molecule has 1 fully saturated rings. The van der Waals surface area contributed by atoms with E-state index in [1.807, 2.05) is 50.2 Å². The van der Waals surface area contributed by atoms with Gasteiger partial charge in [-0.05, 0) is 55.8 Å². The highest BCUT2D eigenvalue weighted by Gasteiger charge is 2.29. The zero-order valence-corrected chi connectivity index (χ0v) is 18.0. The van der Waals surface area contributed by atoms with Gasteiger partial charge in [-0.2, -0.15) is 15.0 Å². The van der Waals surface area contributed by atoms with Crippen LogP contribution in [-0.4, -0.2) is 39.9 Å². The molecule has 0 spiro atoms. The first kappa shape index (κ1) is 19.6. The highest BCUT2D eigenvalue weighted by Crippen LogP contribution is 2.31. The number of benzene rings is 1. The Morgan fingerprint density at radius 2 is 1.93 bits per heavy atom. The number of thiazole rings is 1. The lowest BCUT2D eigenvalue weighted by Crippen LogP contribution is -2.15. The van der Waals surface area contributed by atoms with Crippen molar-refractivity contribution >= 4 is 51.7 Å². The van der Waals surface area contributed by atoms with Crippen LogP contribution in [0.3, 0.4) is 0 Å². The van der Waals surface area contributed by atoms with Crippen LogP contribution in [0.1, 0.15) is 17.7 Å². The van der Waals surface area contributed by atoms with E-state index < -0.39 is 0 Å². The molecular formula is C19H21N7OS2. The number of carbonyl (C=O) groups excluding carboxylic acids is 1. The molecule has 0 atom stereocenters. The van der Waals surface area contributed by atoms with Gasteiger partial charge in [0, 0.05) is 41.7 Å². The molecule has 1 amide bonds. The molecule has 0 aliphatic heterocycles. The summed E-state index contributed by atoms with van der Waals surface area (Å²) in [5.41, 5.74) is 0.803. The minimum atomic E-state index is 0.103. The van der Waals surface area contributed by atoms with Gasteiger partial charge in [0.1, 0.15) is 0 Å². The van der Waals surface area contributed by atoms with Crippen LogP contribution in [0.25, 0.3) is 0 Å². The normalized spacial score (nSPS) is 13.2. The number of nitrogens with zero attached hydrogens (tertiary/aromatic N) is 5. The van der Waals surface area contributed by atoms with Gasteiger partial charge in [-0.3, -0.25) is 10.1 Å². The van der Waals surface area contributed by atoms with Crippen LogP contribution < -0.4 is 15.5 Å². The quantitative estimate of drug-likeness (QED) is 0.585. The first-order chi connectivity index (χ1) is 14.0. The van der Waals surface area contributed by atoms with Crippen molar-refractivity contribution in [3.63, 3.8) is 0 Å². The third-order valence-electron chi connectivity index (χ3n) is 4.12. The number of hydrogen-bond acceptors (Lipinski definition) is 9. The van der Waals surface area contributed by atoms with Gasteiger partial charge in [0.2, 0.25) is 17.8 Å². The predicted octanol–water partition coefficient (Wildman–Crippen LogP) is 3.95. The van der Waals surface area contributed by atoms with Crippen LogP contribution >= 0.6 is 23.1 Å². The first-order valence-corrected chi connectivity index (χ1v) is 10.8. The number of carbonyl (C=O) groups is 1. The van der Waals surface area contributed by atoms with Gasteiger partial charge in [0.05, 0.1) is 0 Å². The molecule has 2 N–H and O–H groups in total. The number of amides is 1. The monoisotopic (exact) mass is 427 g/mol. The molecule has 0 bridgehead atoms. The number of rotatable bonds is 7. The third-order valence-corrected chi connectivity index (χ3v) is 5.82. The van der Waals surface area contributed by atoms with Crippen molar-refractivity contribution in [1.29, 1.82) is 0 Å². The zero-order chi connectivity index (χ0) is 20.4. The van der Waals surface area contributed by atoms with Crippen LogP contribution in [0, 0.1) is 12.8 Å². The summed E-state index contributed by atoms with van der Waals surface area (Å²) in [5.74, 6) is 1.30. The average Bonchev–Trinajstić information content (AvgIpc) is 3.46. The summed E-state index contributed by atoms with van der Waals surface area (Å²) >= 11 is 2.98. The molecule has 3 aromatic rings. The van der Waals surface area contributed by atoms with Crippen molar-refractivity contribution in [2.45, 2.75) is 29.8 Å². The molecule has 8 nitrogen and oxygen atoms in total. The van der Waals surface area contributed by atoms with Crippen LogP contribution in [0.2, 0.25) is 0 Å². The molecule has 1 aliphatic rings. The van der Waals surface area contributed by atoms with E-state index in [2.05, 4.69) is 30.6 Å². The molecule has 0 saturated heterocycles. The van der Waals surface area contributed by atoms with E-state index in [4.69, 9.17) is 0 Å². The molecule has 1 saturated carbocycles. The topological polar surface area (TPSA) is 95.9 Å². The maximum Gasteiger partial charge on any atom is 0.234 e. The van der Waals surface area contributed by atoms with Gasteiger partial charge in [-0.15, -0.1) is 11.3 Å². The number of aryl methyl sites for hydroxylation is 1. The molecule has 2 aromatic heterocycles. The fourth-order valence-corrected chi connectivity index (χ4v) is 3.86. The molecule has 1 aromatic carbocycles. The summed E-state index contributed by atoms with van der Waals surface area (Å²) in [4.78, 5) is 33.6. The van der Waals surface area contributed by atoms with Crippen LogP contribution in [0.4, 0.5) is 22.7 Å². The van der Waals surface area contributed by atoms with Gasteiger partial charge in [-0.25, -0.2) is 4.98 Å². The SMILES string of the molecule is Cc1cnc(Nc2nc(Sc3ccc(NC(=O)C4CC4)cc3)nc(N(C)C)n2)s1. The van der Waals surface area contributed by atoms with Crippen LogP contribution in [0.5, 0.6) is 0 Å². The van der Waals surface area contributed by atoms with Crippen molar-refractivity contribution < 1.29 is 4.79 Å². The summed E-state index contributed by atoms with van der Waals surface area (Å²) in [7, 11) is 3.77. The van der Waals surface area contributed by atoms with Gasteiger partial charge in [0.25, 0.3) is 0 Å². The summed E-state index contributed by atoms with van der Waals surface area (Å²) in [5, 5.41) is 7.42. The smallest absolute Gasteiger partial charge is 0.234 e. The summed E-state index contributed by atoms with van der Waals surface area (Å²) < 4.78 is 0. The Labute approximate surface area is 177 Å². The first-order valence-electron chi connectivity index (χ1n) is 9.18. The molecule has 10 heteroatoms. The second kappa shape index (κ2) is 8.34. The Bertz CT molecular complexity index is 1020. The van der Waals surface area contributed by atoms with Gasteiger partial charge in [-0.1, -0.05) is 0 Å². The highest BCUT2D eigenvalue weighted by atomic mass is 32.2. The molecule has 1 aliphatic carbocycles. The fraction of sp³-hybridized carbons (Fsp3) is 0.316. The van der Waals surface area contributed by atoms with E-state index in [9.17, 15) is 4.79 Å². The third kappa shape index (κ3) is 5.21. The molecule has 4 rings (SSSR count). The van der Waals surface area contributed by atoms with E-state index in [1.165, 1.54) is 11.8 Å². The highest BCUT2D eigenvalue weighted by molar-refractivity contribution is 7.99. The van der Waals surface area contributed by atoms with Crippen molar-refractivity contribution in [3.8, 4) is 0 Å². The van der Waals surface area contributed by atoms with Crippen molar-refractivity contribution in [2.24, 2.45) is 5.92 Å². The Balaban J connectivity index is 1.50. The van der Waals surface area contributed by atoms with Crippen molar-refractivity contribution in [2.75, 3.05) is 29.6 Å². The minimum absolute atomic E-state index is 0.103. The summed E-state index contributed by atoms with van der Waals surface area (Å²) in [6, 6.07) is 7.69. The summed E-state index contributed by atoms with van der Waals surface area (Å²) in [6.07, 6.45) is 3.79. The molecule has 29 heavy (non-hydrogen) atoms. The lowest BCUT2D eigenvalue weighted by atomic mass is 10.3. The number of nitrogens with one attached hydrogen (secondary N) is 2. The Hall–Kier alpha value is -2.72. The summed E-state index contributed by atoms with van der Waals surface area (Å²) in [6.45, 7) is 2.00. The second-order valence-electron chi connectivity index (χ2n) is 6.93. The van der Waals surface area contributed by atoms with Gasteiger partial charge < -0.3 is 10.2 Å². The van der Waals surface area contributed by atoms with Gasteiger partial charge in [0.15, 0.2) is 10.3 Å².